The largest absolute Gasteiger partial charge is 0.502 e. The van der Waals surface area contributed by atoms with Crippen molar-refractivity contribution in [2.75, 3.05) is 6.61 Å². The van der Waals surface area contributed by atoms with Crippen LogP contribution in [0, 0.1) is 0 Å². The minimum absolute atomic E-state index is 0.0222. The number of nitrogens with two attached hydrogens (primary N) is 1. The first-order valence-corrected chi connectivity index (χ1v) is 10.3. The summed E-state index contributed by atoms with van der Waals surface area (Å²) in [6.45, 7) is -0.166. The third-order valence-corrected chi connectivity index (χ3v) is 5.77. The van der Waals surface area contributed by atoms with Crippen LogP contribution in [-0.4, -0.2) is 67.5 Å². The number of phosphoric acid groups is 2. The third-order valence-electron chi connectivity index (χ3n) is 3.70. The number of fused-ring (bicyclic) bond motifs is 1. The van der Waals surface area contributed by atoms with E-state index in [4.69, 9.17) is 24.9 Å². The summed E-state index contributed by atoms with van der Waals surface area (Å²) in [4.78, 5) is 36.3. The van der Waals surface area contributed by atoms with Crippen molar-refractivity contribution < 1.29 is 42.6 Å². The van der Waals surface area contributed by atoms with E-state index < -0.39 is 28.0 Å². The van der Waals surface area contributed by atoms with E-state index in [2.05, 4.69) is 14.3 Å². The van der Waals surface area contributed by atoms with Crippen molar-refractivity contribution in [1.29, 1.82) is 0 Å². The van der Waals surface area contributed by atoms with Crippen molar-refractivity contribution in [3.8, 4) is 0 Å². The van der Waals surface area contributed by atoms with Gasteiger partial charge in [-0.25, -0.2) is 24.2 Å². The highest BCUT2D eigenvalue weighted by molar-refractivity contribution is 7.60. The van der Waals surface area contributed by atoms with E-state index in [1.807, 2.05) is 0 Å². The fourth-order valence-corrected chi connectivity index (χ4v) is 4.27. The number of hydrogen-bond donors (Lipinski definition) is 5. The second-order valence-electron chi connectivity index (χ2n) is 5.54. The van der Waals surface area contributed by atoms with Crippen LogP contribution in [0.1, 0.15) is 12.8 Å². The van der Waals surface area contributed by atoms with Crippen LogP contribution in [0.15, 0.2) is 21.5 Å². The van der Waals surface area contributed by atoms with Crippen LogP contribution < -0.4 is 5.73 Å². The number of hydrogen-bond acceptors (Lipinski definition) is 11. The van der Waals surface area contributed by atoms with E-state index >= 15 is 0 Å². The second-order valence-corrected chi connectivity index (χ2v) is 8.27. The molecule has 3 aliphatic heterocycles. The molecule has 0 bridgehead atoms. The molecule has 1 saturated heterocycles. The number of rotatable bonds is 6. The molecular formula is C10H17N5O9P2. The fraction of sp³-hybridized carbons (Fsp3) is 0.600. The molecule has 0 spiro atoms. The lowest BCUT2D eigenvalue weighted by atomic mass is 10.2. The number of hydroxylamine groups is 2. The summed E-state index contributed by atoms with van der Waals surface area (Å²) in [5, 5.41) is 9.93. The Balaban J connectivity index is 1.80. The molecule has 16 heteroatoms. The summed E-state index contributed by atoms with van der Waals surface area (Å²) in [6, 6.07) is 0. The summed E-state index contributed by atoms with van der Waals surface area (Å²) in [5.74, 6) is 0.0222. The highest BCUT2D eigenvalue weighted by atomic mass is 31.3. The minimum Gasteiger partial charge on any atom is -0.394 e. The van der Waals surface area contributed by atoms with E-state index in [-0.39, 0.29) is 24.2 Å². The van der Waals surface area contributed by atoms with Gasteiger partial charge in [-0.15, -0.1) is 0 Å². The van der Waals surface area contributed by atoms with E-state index in [1.165, 1.54) is 11.2 Å². The van der Waals surface area contributed by atoms with E-state index in [1.54, 1.807) is 0 Å². The molecule has 146 valence electrons. The quantitative estimate of drug-likeness (QED) is 0.325. The highest BCUT2D eigenvalue weighted by Gasteiger charge is 2.45. The molecule has 2 unspecified atom stereocenters. The van der Waals surface area contributed by atoms with Crippen LogP contribution in [0.25, 0.3) is 0 Å². The van der Waals surface area contributed by atoms with Crippen LogP contribution in [0.2, 0.25) is 0 Å². The zero-order valence-corrected chi connectivity index (χ0v) is 14.9. The Morgan fingerprint density at radius 1 is 1.27 bits per heavy atom. The molecule has 3 heterocycles. The van der Waals surface area contributed by atoms with E-state index in [0.717, 1.165) is 11.4 Å². The van der Waals surface area contributed by atoms with Gasteiger partial charge in [-0.2, -0.15) is 8.94 Å². The first-order chi connectivity index (χ1) is 12.1. The molecule has 0 saturated carbocycles. The van der Waals surface area contributed by atoms with Crippen molar-refractivity contribution in [3.05, 3.63) is 11.5 Å². The van der Waals surface area contributed by atoms with Gasteiger partial charge in [0, 0.05) is 0 Å². The summed E-state index contributed by atoms with van der Waals surface area (Å²) in [6.07, 6.45) is 1.56. The lowest BCUT2D eigenvalue weighted by molar-refractivity contribution is -0.114. The molecule has 1 fully saturated rings. The second kappa shape index (κ2) is 7.00. The highest BCUT2D eigenvalue weighted by Crippen LogP contribution is 2.58. The molecule has 0 aliphatic carbocycles. The molecular weight excluding hydrogens is 396 g/mol. The molecule has 0 aromatic rings. The van der Waals surface area contributed by atoms with Crippen LogP contribution in [-0.2, 0) is 22.8 Å². The van der Waals surface area contributed by atoms with Gasteiger partial charge in [0.25, 0.3) is 0 Å². The predicted octanol–water partition coefficient (Wildman–Crippen LogP) is -1.23. The minimum atomic E-state index is -5.29. The van der Waals surface area contributed by atoms with Gasteiger partial charge in [0.05, 0.1) is 19.0 Å². The molecule has 3 rings (SSSR count). The van der Waals surface area contributed by atoms with Crippen molar-refractivity contribution >= 4 is 28.3 Å². The van der Waals surface area contributed by atoms with Gasteiger partial charge in [0.1, 0.15) is 18.3 Å². The Hall–Kier alpha value is -1.34. The molecule has 3 aliphatic rings. The number of aliphatic imine (C=N–C) groups is 2. The normalized spacial score (nSPS) is 30.8. The average molecular weight is 413 g/mol. The molecule has 0 aromatic carbocycles. The van der Waals surface area contributed by atoms with Crippen molar-refractivity contribution in [2.45, 2.75) is 31.3 Å². The van der Waals surface area contributed by atoms with Crippen LogP contribution in [0.5, 0.6) is 0 Å². The van der Waals surface area contributed by atoms with Gasteiger partial charge in [0.15, 0.2) is 12.0 Å². The first-order valence-electron chi connectivity index (χ1n) is 7.29. The summed E-state index contributed by atoms with van der Waals surface area (Å²) in [7, 11) is -10.5. The van der Waals surface area contributed by atoms with Gasteiger partial charge in [-0.1, -0.05) is 0 Å². The van der Waals surface area contributed by atoms with Gasteiger partial charge in [0.2, 0.25) is 0 Å². The zero-order valence-electron chi connectivity index (χ0n) is 13.1. The molecule has 26 heavy (non-hydrogen) atoms. The predicted molar refractivity (Wildman–Crippen MR) is 84.7 cm³/mol. The summed E-state index contributed by atoms with van der Waals surface area (Å²) in [5.41, 5.74) is 5.93. The fourth-order valence-electron chi connectivity index (χ4n) is 2.71. The molecule has 4 atom stereocenters. The molecule has 0 aromatic heterocycles. The first kappa shape index (κ1) is 19.4. The average Bonchev–Trinajstić information content (AvgIpc) is 3.13. The van der Waals surface area contributed by atoms with Crippen molar-refractivity contribution in [2.24, 2.45) is 15.7 Å². The van der Waals surface area contributed by atoms with Gasteiger partial charge in [-0.05, 0) is 12.8 Å². The number of nitrogens with zero attached hydrogens (tertiary/aromatic N) is 4. The number of ether oxygens (including phenoxy) is 1. The monoisotopic (exact) mass is 413 g/mol. The lowest BCUT2D eigenvalue weighted by Gasteiger charge is -2.37. The van der Waals surface area contributed by atoms with Crippen LogP contribution in [0.3, 0.4) is 0 Å². The van der Waals surface area contributed by atoms with Gasteiger partial charge in [-0.3, -0.25) is 0 Å². The van der Waals surface area contributed by atoms with Crippen LogP contribution in [0.4, 0.5) is 0 Å². The Morgan fingerprint density at radius 3 is 2.62 bits per heavy atom. The lowest BCUT2D eigenvalue weighted by Crippen LogP contribution is -2.51. The number of aliphatic hydroxyl groups excluding tert-OH is 1. The van der Waals surface area contributed by atoms with Gasteiger partial charge >= 0.3 is 15.6 Å². The van der Waals surface area contributed by atoms with Crippen molar-refractivity contribution in [3.63, 3.8) is 0 Å². The van der Waals surface area contributed by atoms with Crippen LogP contribution >= 0.6 is 15.6 Å². The van der Waals surface area contributed by atoms with Crippen molar-refractivity contribution in [1.82, 2.24) is 9.96 Å². The molecule has 0 amide bonds. The summed E-state index contributed by atoms with van der Waals surface area (Å²) < 4.78 is 36.8. The van der Waals surface area contributed by atoms with Gasteiger partial charge < -0.3 is 35.2 Å². The smallest absolute Gasteiger partial charge is 0.394 e. The Bertz CT molecular complexity index is 751. The topological polar surface area (TPSA) is 200 Å². The maximum absolute atomic E-state index is 11.8. The standard InChI is InChI=1S/C10H17N5O9P2/c11-9-8-10(14(4-12-8)7-2-1-6(3-16)22-7)15(5-13-9)23-26(20,21)24-25(17,18)19/h4-7,10,16H,1-3,11H2,(H,20,21)(H2,17,18,19)/t6-,7+,10?/m0/s1. The Labute approximate surface area is 147 Å². The zero-order chi connectivity index (χ0) is 19.1. The maximum atomic E-state index is 11.8. The molecule has 6 N–H and O–H groups in total. The number of aliphatic hydroxyl groups is 1. The third kappa shape index (κ3) is 4.14. The maximum Gasteiger partial charge on any atom is 0.502 e. The van der Waals surface area contributed by atoms with E-state index in [0.29, 0.717) is 12.8 Å². The Morgan fingerprint density at radius 2 is 2.00 bits per heavy atom. The summed E-state index contributed by atoms with van der Waals surface area (Å²) >= 11 is 0. The van der Waals surface area contributed by atoms with E-state index in [9.17, 15) is 19.1 Å². The SMILES string of the molecule is NC1=C2N=CN([C@H]3CC[C@@H](CO)O3)C2N(OP(=O)(O)OP(=O)(O)O)C=N1. The Kier molecular flexibility index (Phi) is 5.23. The molecule has 14 nitrogen and oxygen atoms in total. The molecule has 0 radical (unpaired) electrons.